The minimum absolute atomic E-state index is 0.0277. The number of ether oxygens (including phenoxy) is 2. The molecule has 1 aromatic carbocycles. The van der Waals surface area contributed by atoms with E-state index < -0.39 is 36.0 Å². The molecule has 1 saturated heterocycles. The average Bonchev–Trinajstić information content (AvgIpc) is 2.73. The van der Waals surface area contributed by atoms with Crippen LogP contribution in [-0.2, 0) is 20.5 Å². The second-order valence-corrected chi connectivity index (χ2v) is 7.25. The van der Waals surface area contributed by atoms with Crippen LogP contribution >= 0.6 is 0 Å². The van der Waals surface area contributed by atoms with E-state index in [-0.39, 0.29) is 29.1 Å². The van der Waals surface area contributed by atoms with Crippen molar-refractivity contribution in [2.75, 3.05) is 35.8 Å². The van der Waals surface area contributed by atoms with Crippen LogP contribution in [0.25, 0.3) is 0 Å². The molecule has 0 unspecified atom stereocenters. The first-order chi connectivity index (χ1) is 15.6. The van der Waals surface area contributed by atoms with Crippen molar-refractivity contribution in [1.29, 1.82) is 0 Å². The standard InChI is InChI=1S/C20H23F3N6O4/c1-11(30)26-16-8-13(33-10-17(24)31)2-3-15(16)28-18-14(20(21,22)23)9-25-19(29-18)27-12-4-6-32-7-5-12/h2-3,8-9,12H,4-7,10H2,1H3,(H2,24,31)(H,26,30)(H2,25,27,28,29). The monoisotopic (exact) mass is 468 g/mol. The molecule has 1 aliphatic rings. The van der Waals surface area contributed by atoms with E-state index in [4.69, 9.17) is 15.2 Å². The van der Waals surface area contributed by atoms with Gasteiger partial charge in [0.05, 0.1) is 11.4 Å². The number of nitrogens with two attached hydrogens (primary N) is 1. The average molecular weight is 468 g/mol. The van der Waals surface area contributed by atoms with E-state index in [0.717, 1.165) is 0 Å². The first-order valence-corrected chi connectivity index (χ1v) is 10.00. The second-order valence-electron chi connectivity index (χ2n) is 7.25. The fourth-order valence-corrected chi connectivity index (χ4v) is 3.08. The van der Waals surface area contributed by atoms with E-state index in [2.05, 4.69) is 25.9 Å². The van der Waals surface area contributed by atoms with Gasteiger partial charge in [-0.2, -0.15) is 18.2 Å². The number of primary amides is 1. The normalized spacial score (nSPS) is 14.4. The summed E-state index contributed by atoms with van der Waals surface area (Å²) in [5.74, 6) is -1.46. The third-order valence-electron chi connectivity index (χ3n) is 4.58. The number of alkyl halides is 3. The van der Waals surface area contributed by atoms with Gasteiger partial charge in [-0.15, -0.1) is 0 Å². The van der Waals surface area contributed by atoms with Crippen LogP contribution in [0.15, 0.2) is 24.4 Å². The SMILES string of the molecule is CC(=O)Nc1cc(OCC(N)=O)ccc1Nc1nc(NC2CCOCC2)ncc1C(F)(F)F. The molecule has 1 aliphatic heterocycles. The summed E-state index contributed by atoms with van der Waals surface area (Å²) in [6.45, 7) is 1.90. The molecule has 5 N–H and O–H groups in total. The van der Waals surface area contributed by atoms with Gasteiger partial charge in [-0.1, -0.05) is 0 Å². The zero-order valence-electron chi connectivity index (χ0n) is 17.7. The Morgan fingerprint density at radius 1 is 1.24 bits per heavy atom. The van der Waals surface area contributed by atoms with Gasteiger partial charge < -0.3 is 31.2 Å². The first kappa shape index (κ1) is 24.0. The summed E-state index contributed by atoms with van der Waals surface area (Å²) in [5.41, 5.74) is 4.21. The quantitative estimate of drug-likeness (QED) is 0.464. The number of amides is 2. The van der Waals surface area contributed by atoms with Crippen molar-refractivity contribution in [3.8, 4) is 5.75 Å². The van der Waals surface area contributed by atoms with Crippen molar-refractivity contribution < 1.29 is 32.2 Å². The van der Waals surface area contributed by atoms with Crippen molar-refractivity contribution in [3.63, 3.8) is 0 Å². The van der Waals surface area contributed by atoms with Gasteiger partial charge >= 0.3 is 6.18 Å². The molecule has 0 bridgehead atoms. The fourth-order valence-electron chi connectivity index (χ4n) is 3.08. The molecule has 0 spiro atoms. The van der Waals surface area contributed by atoms with Crippen molar-refractivity contribution in [3.05, 3.63) is 30.0 Å². The van der Waals surface area contributed by atoms with E-state index in [1.54, 1.807) is 0 Å². The number of anilines is 4. The van der Waals surface area contributed by atoms with Crippen molar-refractivity contribution >= 4 is 35.0 Å². The van der Waals surface area contributed by atoms with Crippen LogP contribution in [0.2, 0.25) is 0 Å². The Hall–Kier alpha value is -3.61. The van der Waals surface area contributed by atoms with Gasteiger partial charge in [0, 0.05) is 38.4 Å². The highest BCUT2D eigenvalue weighted by Crippen LogP contribution is 2.37. The van der Waals surface area contributed by atoms with Crippen molar-refractivity contribution in [2.45, 2.75) is 32.0 Å². The number of halogens is 3. The summed E-state index contributed by atoms with van der Waals surface area (Å²) < 4.78 is 51.3. The number of hydrogen-bond acceptors (Lipinski definition) is 8. The van der Waals surface area contributed by atoms with Gasteiger partial charge in [-0.05, 0) is 25.0 Å². The minimum atomic E-state index is -4.72. The number of carbonyl (C=O) groups excluding carboxylic acids is 2. The van der Waals surface area contributed by atoms with E-state index in [0.29, 0.717) is 32.3 Å². The summed E-state index contributed by atoms with van der Waals surface area (Å²) in [6, 6.07) is 4.12. The fraction of sp³-hybridized carbons (Fsp3) is 0.400. The number of aromatic nitrogens is 2. The van der Waals surface area contributed by atoms with Gasteiger partial charge in [0.1, 0.15) is 17.1 Å². The lowest BCUT2D eigenvalue weighted by molar-refractivity contribution is -0.137. The first-order valence-electron chi connectivity index (χ1n) is 10.00. The van der Waals surface area contributed by atoms with Gasteiger partial charge in [-0.25, -0.2) is 4.98 Å². The van der Waals surface area contributed by atoms with Crippen LogP contribution in [0.1, 0.15) is 25.3 Å². The maximum Gasteiger partial charge on any atom is 0.421 e. The lowest BCUT2D eigenvalue weighted by Crippen LogP contribution is -2.29. The third kappa shape index (κ3) is 6.94. The number of nitrogens with zero attached hydrogens (tertiary/aromatic N) is 2. The van der Waals surface area contributed by atoms with Crippen molar-refractivity contribution in [1.82, 2.24) is 9.97 Å². The molecule has 2 amide bonds. The van der Waals surface area contributed by atoms with Crippen LogP contribution in [-0.4, -0.2) is 47.6 Å². The Bertz CT molecular complexity index is 1010. The molecule has 178 valence electrons. The molecular weight excluding hydrogens is 445 g/mol. The van der Waals surface area contributed by atoms with E-state index in [1.807, 2.05) is 0 Å². The maximum atomic E-state index is 13.6. The number of benzene rings is 1. The van der Waals surface area contributed by atoms with Crippen molar-refractivity contribution in [2.24, 2.45) is 5.73 Å². The second kappa shape index (κ2) is 10.3. The topological polar surface area (TPSA) is 140 Å². The maximum absolute atomic E-state index is 13.6. The van der Waals surface area contributed by atoms with Gasteiger partial charge in [-0.3, -0.25) is 9.59 Å². The predicted octanol–water partition coefficient (Wildman–Crippen LogP) is 2.65. The minimum Gasteiger partial charge on any atom is -0.484 e. The number of carbonyl (C=O) groups is 2. The molecule has 1 aromatic heterocycles. The van der Waals surface area contributed by atoms with Crippen LogP contribution in [0.4, 0.5) is 36.3 Å². The Morgan fingerprint density at radius 3 is 2.61 bits per heavy atom. The molecular formula is C20H23F3N6O4. The highest BCUT2D eigenvalue weighted by Gasteiger charge is 2.35. The molecule has 0 saturated carbocycles. The molecule has 2 heterocycles. The van der Waals surface area contributed by atoms with Gasteiger partial charge in [0.15, 0.2) is 6.61 Å². The highest BCUT2D eigenvalue weighted by molar-refractivity contribution is 5.93. The van der Waals surface area contributed by atoms with E-state index >= 15 is 0 Å². The molecule has 10 nitrogen and oxygen atoms in total. The van der Waals surface area contributed by atoms with Gasteiger partial charge in [0.2, 0.25) is 11.9 Å². The molecule has 0 atom stereocenters. The Morgan fingerprint density at radius 2 is 1.97 bits per heavy atom. The smallest absolute Gasteiger partial charge is 0.421 e. The summed E-state index contributed by atoms with van der Waals surface area (Å²) in [5, 5.41) is 8.16. The summed E-state index contributed by atoms with van der Waals surface area (Å²) >= 11 is 0. The van der Waals surface area contributed by atoms with Crippen LogP contribution < -0.4 is 26.4 Å². The summed E-state index contributed by atoms with van der Waals surface area (Å²) in [6.07, 6.45) is -2.68. The largest absolute Gasteiger partial charge is 0.484 e. The molecule has 33 heavy (non-hydrogen) atoms. The molecule has 3 rings (SSSR count). The molecule has 0 radical (unpaired) electrons. The van der Waals surface area contributed by atoms with Crippen LogP contribution in [0.5, 0.6) is 5.75 Å². The molecule has 1 fully saturated rings. The van der Waals surface area contributed by atoms with Gasteiger partial charge in [0.25, 0.3) is 5.91 Å². The van der Waals surface area contributed by atoms with E-state index in [9.17, 15) is 22.8 Å². The molecule has 0 aliphatic carbocycles. The Balaban J connectivity index is 1.92. The molecule has 2 aromatic rings. The number of rotatable bonds is 8. The number of hydrogen-bond donors (Lipinski definition) is 4. The van der Waals surface area contributed by atoms with Crippen LogP contribution in [0, 0.1) is 0 Å². The summed E-state index contributed by atoms with van der Waals surface area (Å²) in [7, 11) is 0. The zero-order valence-corrected chi connectivity index (χ0v) is 17.7. The third-order valence-corrected chi connectivity index (χ3v) is 4.58. The zero-order chi connectivity index (χ0) is 24.0. The Kier molecular flexibility index (Phi) is 7.53. The lowest BCUT2D eigenvalue weighted by atomic mass is 10.1. The lowest BCUT2D eigenvalue weighted by Gasteiger charge is -2.24. The van der Waals surface area contributed by atoms with E-state index in [1.165, 1.54) is 25.1 Å². The predicted molar refractivity (Wildman–Crippen MR) is 113 cm³/mol. The highest BCUT2D eigenvalue weighted by atomic mass is 19.4. The molecule has 13 heteroatoms. The Labute approximate surface area is 187 Å². The number of nitrogens with one attached hydrogen (secondary N) is 3. The van der Waals surface area contributed by atoms with Crippen LogP contribution in [0.3, 0.4) is 0 Å². The summed E-state index contributed by atoms with van der Waals surface area (Å²) in [4.78, 5) is 30.4.